The lowest BCUT2D eigenvalue weighted by Crippen LogP contribution is -2.44. The van der Waals surface area contributed by atoms with Crippen LogP contribution in [0.2, 0.25) is 0 Å². The van der Waals surface area contributed by atoms with Crippen LogP contribution >= 0.6 is 11.3 Å². The number of carbonyl (C=O) groups excluding carboxylic acids is 2. The van der Waals surface area contributed by atoms with Crippen LogP contribution in [0.3, 0.4) is 0 Å². The fraction of sp³-hybridized carbons (Fsp3) is 0.400. The number of anilines is 1. The molecule has 2 aromatic rings. The van der Waals surface area contributed by atoms with Crippen molar-refractivity contribution in [3.05, 3.63) is 42.0 Å². The molecule has 3 amide bonds. The Balaban J connectivity index is 1.79. The molecule has 0 bridgehead atoms. The quantitative estimate of drug-likeness (QED) is 0.595. The summed E-state index contributed by atoms with van der Waals surface area (Å²) in [5, 5.41) is 6.20. The van der Waals surface area contributed by atoms with E-state index in [9.17, 15) is 9.59 Å². The topological polar surface area (TPSA) is 113 Å². The lowest BCUT2D eigenvalue weighted by Gasteiger charge is -2.24. The third-order valence-electron chi connectivity index (χ3n) is 4.81. The molecule has 2 heterocycles. The predicted molar refractivity (Wildman–Crippen MR) is 114 cm³/mol. The molecule has 3 rings (SSSR count). The summed E-state index contributed by atoms with van der Waals surface area (Å²) in [6.45, 7) is 3.24. The number of amides is 3. The maximum atomic E-state index is 13.0. The SMILES string of the molecule is NCCN1CCCC[C@H](NC(=O)c2cc(-c3ccccc3)sc2NC(N)=O)C1. The number of primary amides is 1. The Morgan fingerprint density at radius 2 is 2.00 bits per heavy atom. The Kier molecular flexibility index (Phi) is 7.02. The van der Waals surface area contributed by atoms with Gasteiger partial charge in [-0.05, 0) is 31.0 Å². The number of likely N-dealkylation sites (tertiary alicyclic amines) is 1. The smallest absolute Gasteiger partial charge is 0.317 e. The minimum Gasteiger partial charge on any atom is -0.351 e. The summed E-state index contributed by atoms with van der Waals surface area (Å²) < 4.78 is 0. The second-order valence-corrected chi connectivity index (χ2v) is 8.02. The summed E-state index contributed by atoms with van der Waals surface area (Å²) in [6.07, 6.45) is 3.11. The fourth-order valence-electron chi connectivity index (χ4n) is 3.50. The summed E-state index contributed by atoms with van der Waals surface area (Å²) in [5.41, 5.74) is 12.4. The van der Waals surface area contributed by atoms with Gasteiger partial charge in [0.25, 0.3) is 5.91 Å². The van der Waals surface area contributed by atoms with Crippen LogP contribution in [0.25, 0.3) is 10.4 Å². The monoisotopic (exact) mass is 401 g/mol. The highest BCUT2D eigenvalue weighted by Crippen LogP contribution is 2.35. The molecule has 1 aliphatic heterocycles. The Labute approximate surface area is 169 Å². The molecule has 150 valence electrons. The number of hydrogen-bond donors (Lipinski definition) is 4. The van der Waals surface area contributed by atoms with E-state index in [1.807, 2.05) is 36.4 Å². The Hall–Kier alpha value is -2.42. The van der Waals surface area contributed by atoms with Crippen LogP contribution in [0.4, 0.5) is 9.80 Å². The van der Waals surface area contributed by atoms with E-state index in [2.05, 4.69) is 15.5 Å². The number of carbonyl (C=O) groups is 2. The van der Waals surface area contributed by atoms with Crippen molar-refractivity contribution < 1.29 is 9.59 Å². The van der Waals surface area contributed by atoms with Gasteiger partial charge in [0.15, 0.2) is 0 Å². The molecule has 0 radical (unpaired) electrons. The average molecular weight is 402 g/mol. The summed E-state index contributed by atoms with van der Waals surface area (Å²) in [7, 11) is 0. The molecule has 0 saturated carbocycles. The molecule has 28 heavy (non-hydrogen) atoms. The number of nitrogens with two attached hydrogens (primary N) is 2. The van der Waals surface area contributed by atoms with Gasteiger partial charge < -0.3 is 21.7 Å². The molecular weight excluding hydrogens is 374 g/mol. The minimum absolute atomic E-state index is 0.0584. The van der Waals surface area contributed by atoms with Crippen LogP contribution in [-0.4, -0.2) is 49.1 Å². The van der Waals surface area contributed by atoms with E-state index in [0.717, 1.165) is 49.3 Å². The highest BCUT2D eigenvalue weighted by Gasteiger charge is 2.23. The molecule has 1 aliphatic rings. The van der Waals surface area contributed by atoms with E-state index in [4.69, 9.17) is 11.5 Å². The summed E-state index contributed by atoms with van der Waals surface area (Å²) in [6, 6.07) is 10.9. The number of thiophene rings is 1. The van der Waals surface area contributed by atoms with E-state index >= 15 is 0 Å². The molecule has 1 aromatic carbocycles. The van der Waals surface area contributed by atoms with Gasteiger partial charge in [-0.25, -0.2) is 4.79 Å². The Bertz CT molecular complexity index is 808. The highest BCUT2D eigenvalue weighted by molar-refractivity contribution is 7.20. The number of nitrogens with zero attached hydrogens (tertiary/aromatic N) is 1. The second kappa shape index (κ2) is 9.68. The number of urea groups is 1. The highest BCUT2D eigenvalue weighted by atomic mass is 32.1. The maximum absolute atomic E-state index is 13.0. The van der Waals surface area contributed by atoms with Gasteiger partial charge in [0.2, 0.25) is 0 Å². The first-order valence-electron chi connectivity index (χ1n) is 9.56. The Morgan fingerprint density at radius 1 is 1.21 bits per heavy atom. The van der Waals surface area contributed by atoms with Gasteiger partial charge in [-0.1, -0.05) is 36.8 Å². The molecule has 1 fully saturated rings. The van der Waals surface area contributed by atoms with Gasteiger partial charge in [-0.15, -0.1) is 11.3 Å². The summed E-state index contributed by atoms with van der Waals surface area (Å²) >= 11 is 1.34. The lowest BCUT2D eigenvalue weighted by atomic mass is 10.1. The largest absolute Gasteiger partial charge is 0.351 e. The van der Waals surface area contributed by atoms with Crippen LogP contribution in [0.5, 0.6) is 0 Å². The molecule has 0 aliphatic carbocycles. The molecule has 6 N–H and O–H groups in total. The second-order valence-electron chi connectivity index (χ2n) is 6.96. The van der Waals surface area contributed by atoms with Crippen LogP contribution < -0.4 is 22.1 Å². The van der Waals surface area contributed by atoms with Crippen molar-refractivity contribution in [1.29, 1.82) is 0 Å². The van der Waals surface area contributed by atoms with Crippen molar-refractivity contribution in [2.24, 2.45) is 11.5 Å². The van der Waals surface area contributed by atoms with E-state index in [0.29, 0.717) is 17.1 Å². The third-order valence-corrected chi connectivity index (χ3v) is 5.91. The molecule has 1 aromatic heterocycles. The zero-order chi connectivity index (χ0) is 19.9. The van der Waals surface area contributed by atoms with Crippen LogP contribution in [0, 0.1) is 0 Å². The normalized spacial score (nSPS) is 17.7. The summed E-state index contributed by atoms with van der Waals surface area (Å²) in [5.74, 6) is -0.193. The number of benzene rings is 1. The first kappa shape index (κ1) is 20.3. The van der Waals surface area contributed by atoms with Crippen LogP contribution in [0.1, 0.15) is 29.6 Å². The average Bonchev–Trinajstić information content (AvgIpc) is 2.96. The van der Waals surface area contributed by atoms with Gasteiger partial charge >= 0.3 is 6.03 Å². The molecule has 1 saturated heterocycles. The zero-order valence-corrected chi connectivity index (χ0v) is 16.6. The maximum Gasteiger partial charge on any atom is 0.317 e. The standard InChI is InChI=1S/C20H27N5O2S/c21-9-11-25-10-5-4-8-15(13-25)23-18(26)16-12-17(14-6-2-1-3-7-14)28-19(16)24-20(22)27/h1-3,6-7,12,15H,4-5,8-11,13,21H2,(H,23,26)(H3,22,24,27)/t15-/m0/s1. The lowest BCUT2D eigenvalue weighted by molar-refractivity contribution is 0.0928. The van der Waals surface area contributed by atoms with Crippen LogP contribution in [0.15, 0.2) is 36.4 Å². The number of rotatable bonds is 6. The van der Waals surface area contributed by atoms with Crippen molar-refractivity contribution in [3.8, 4) is 10.4 Å². The van der Waals surface area contributed by atoms with E-state index < -0.39 is 6.03 Å². The number of hydrogen-bond acceptors (Lipinski definition) is 5. The van der Waals surface area contributed by atoms with Crippen molar-refractivity contribution in [2.45, 2.75) is 25.3 Å². The van der Waals surface area contributed by atoms with Crippen molar-refractivity contribution in [1.82, 2.24) is 10.2 Å². The molecular formula is C20H27N5O2S. The van der Waals surface area contributed by atoms with Gasteiger partial charge in [0, 0.05) is 30.6 Å². The van der Waals surface area contributed by atoms with Gasteiger partial charge in [0.05, 0.1) is 5.56 Å². The third kappa shape index (κ3) is 5.31. The van der Waals surface area contributed by atoms with E-state index in [-0.39, 0.29) is 11.9 Å². The molecule has 1 atom stereocenters. The van der Waals surface area contributed by atoms with Crippen molar-refractivity contribution in [2.75, 3.05) is 31.5 Å². The van der Waals surface area contributed by atoms with E-state index in [1.54, 1.807) is 0 Å². The number of nitrogens with one attached hydrogen (secondary N) is 2. The zero-order valence-electron chi connectivity index (χ0n) is 15.8. The Morgan fingerprint density at radius 3 is 2.71 bits per heavy atom. The summed E-state index contributed by atoms with van der Waals surface area (Å²) in [4.78, 5) is 27.6. The van der Waals surface area contributed by atoms with Crippen molar-refractivity contribution in [3.63, 3.8) is 0 Å². The van der Waals surface area contributed by atoms with E-state index in [1.165, 1.54) is 11.3 Å². The van der Waals surface area contributed by atoms with Crippen LogP contribution in [-0.2, 0) is 0 Å². The predicted octanol–water partition coefficient (Wildman–Crippen LogP) is 2.45. The molecule has 0 spiro atoms. The van der Waals surface area contributed by atoms with Gasteiger partial charge in [-0.3, -0.25) is 10.1 Å². The first-order chi connectivity index (χ1) is 13.6. The fourth-order valence-corrected chi connectivity index (χ4v) is 4.56. The molecule has 0 unspecified atom stereocenters. The minimum atomic E-state index is -0.681. The molecule has 7 nitrogen and oxygen atoms in total. The van der Waals surface area contributed by atoms with Crippen molar-refractivity contribution >= 4 is 28.3 Å². The van der Waals surface area contributed by atoms with Gasteiger partial charge in [0.1, 0.15) is 5.00 Å². The first-order valence-corrected chi connectivity index (χ1v) is 10.4. The molecule has 8 heteroatoms. The van der Waals surface area contributed by atoms with Gasteiger partial charge in [-0.2, -0.15) is 0 Å².